The summed E-state index contributed by atoms with van der Waals surface area (Å²) in [6.07, 6.45) is 16.6. The third-order valence-electron chi connectivity index (χ3n) is 6.94. The average molecular weight is 387 g/mol. The van der Waals surface area contributed by atoms with Crippen LogP contribution in [0.5, 0.6) is 0 Å². The number of hydrogen-bond donors (Lipinski definition) is 0. The summed E-state index contributed by atoms with van der Waals surface area (Å²) in [5.74, 6) is 1.75. The van der Waals surface area contributed by atoms with Crippen molar-refractivity contribution >= 4 is 0 Å². The van der Waals surface area contributed by atoms with Crippen molar-refractivity contribution in [1.82, 2.24) is 0 Å². The molecule has 3 rings (SSSR count). The van der Waals surface area contributed by atoms with Gasteiger partial charge in [0.25, 0.3) is 0 Å². The van der Waals surface area contributed by atoms with Crippen LogP contribution in [0.15, 0.2) is 24.3 Å². The second-order valence-electron chi connectivity index (χ2n) is 9.15. The zero-order valence-corrected chi connectivity index (χ0v) is 18.3. The molecule has 0 spiro atoms. The summed E-state index contributed by atoms with van der Waals surface area (Å²) in [5.41, 5.74) is 2.81. The molecule has 1 saturated carbocycles. The minimum Gasteiger partial charge on any atom is -0.373 e. The highest BCUT2D eigenvalue weighted by Crippen LogP contribution is 2.38. The second-order valence-corrected chi connectivity index (χ2v) is 9.15. The molecule has 2 atom stereocenters. The SMILES string of the molecule is CCCCCCC1COC(c2ccc(C3CCC(CCCC)CC3)cc2)CO1. The first kappa shape index (κ1) is 21.8. The topological polar surface area (TPSA) is 18.5 Å². The molecule has 2 aliphatic rings. The summed E-state index contributed by atoms with van der Waals surface area (Å²) in [7, 11) is 0. The van der Waals surface area contributed by atoms with Crippen LogP contribution < -0.4 is 0 Å². The van der Waals surface area contributed by atoms with Crippen LogP contribution in [-0.4, -0.2) is 19.3 Å². The van der Waals surface area contributed by atoms with Gasteiger partial charge in [0.2, 0.25) is 0 Å². The Kier molecular flexibility index (Phi) is 9.34. The minimum absolute atomic E-state index is 0.116. The predicted molar refractivity (Wildman–Crippen MR) is 118 cm³/mol. The predicted octanol–water partition coefficient (Wildman–Crippen LogP) is 7.58. The van der Waals surface area contributed by atoms with Crippen LogP contribution in [0.2, 0.25) is 0 Å². The van der Waals surface area contributed by atoms with E-state index in [4.69, 9.17) is 9.47 Å². The first-order chi connectivity index (χ1) is 13.8. The fourth-order valence-electron chi connectivity index (χ4n) is 4.96. The molecule has 2 fully saturated rings. The van der Waals surface area contributed by atoms with E-state index in [9.17, 15) is 0 Å². The molecule has 1 saturated heterocycles. The van der Waals surface area contributed by atoms with E-state index in [1.165, 1.54) is 81.8 Å². The van der Waals surface area contributed by atoms with E-state index < -0.39 is 0 Å². The lowest BCUT2D eigenvalue weighted by Crippen LogP contribution is -2.31. The molecule has 0 aromatic heterocycles. The van der Waals surface area contributed by atoms with Crippen LogP contribution in [0.1, 0.15) is 114 Å². The smallest absolute Gasteiger partial charge is 0.106 e. The molecule has 158 valence electrons. The lowest BCUT2D eigenvalue weighted by molar-refractivity contribution is -0.137. The highest BCUT2D eigenvalue weighted by molar-refractivity contribution is 5.27. The van der Waals surface area contributed by atoms with Crippen molar-refractivity contribution < 1.29 is 9.47 Å². The third-order valence-corrected chi connectivity index (χ3v) is 6.94. The number of rotatable bonds is 10. The van der Waals surface area contributed by atoms with E-state index in [1.807, 2.05) is 0 Å². The Labute approximate surface area is 173 Å². The lowest BCUT2D eigenvalue weighted by atomic mass is 9.77. The van der Waals surface area contributed by atoms with E-state index in [0.29, 0.717) is 12.7 Å². The van der Waals surface area contributed by atoms with Crippen molar-refractivity contribution in [1.29, 1.82) is 0 Å². The molecule has 1 aliphatic heterocycles. The lowest BCUT2D eigenvalue weighted by Gasteiger charge is -2.31. The number of hydrogen-bond acceptors (Lipinski definition) is 2. The van der Waals surface area contributed by atoms with Crippen LogP contribution in [0.25, 0.3) is 0 Å². The largest absolute Gasteiger partial charge is 0.373 e. The molecule has 1 aliphatic carbocycles. The van der Waals surface area contributed by atoms with E-state index >= 15 is 0 Å². The molecular formula is C26H42O2. The van der Waals surface area contributed by atoms with Gasteiger partial charge in [0.15, 0.2) is 0 Å². The van der Waals surface area contributed by atoms with Gasteiger partial charge in [-0.2, -0.15) is 0 Å². The third kappa shape index (κ3) is 6.59. The molecule has 2 nitrogen and oxygen atoms in total. The van der Waals surface area contributed by atoms with Gasteiger partial charge in [-0.05, 0) is 55.1 Å². The highest BCUT2D eigenvalue weighted by atomic mass is 16.6. The number of benzene rings is 1. The Balaban J connectivity index is 1.40. The summed E-state index contributed by atoms with van der Waals surface area (Å²) in [6, 6.07) is 9.28. The van der Waals surface area contributed by atoms with Gasteiger partial charge >= 0.3 is 0 Å². The summed E-state index contributed by atoms with van der Waals surface area (Å²) in [5, 5.41) is 0. The molecule has 2 heteroatoms. The zero-order chi connectivity index (χ0) is 19.6. The van der Waals surface area contributed by atoms with Gasteiger partial charge in [0, 0.05) is 0 Å². The Hall–Kier alpha value is -0.860. The van der Waals surface area contributed by atoms with Crippen molar-refractivity contribution in [3.05, 3.63) is 35.4 Å². The Morgan fingerprint density at radius 2 is 1.43 bits per heavy atom. The van der Waals surface area contributed by atoms with Gasteiger partial charge in [-0.15, -0.1) is 0 Å². The number of unbranched alkanes of at least 4 members (excludes halogenated alkanes) is 4. The molecule has 1 aromatic rings. The molecule has 2 unspecified atom stereocenters. The summed E-state index contributed by atoms with van der Waals surface area (Å²) in [4.78, 5) is 0. The molecule has 0 amide bonds. The van der Waals surface area contributed by atoms with Gasteiger partial charge in [-0.25, -0.2) is 0 Å². The van der Waals surface area contributed by atoms with Crippen LogP contribution in [0.3, 0.4) is 0 Å². The van der Waals surface area contributed by atoms with E-state index in [0.717, 1.165) is 24.9 Å². The molecule has 28 heavy (non-hydrogen) atoms. The summed E-state index contributed by atoms with van der Waals surface area (Å²) < 4.78 is 12.2. The fourth-order valence-corrected chi connectivity index (χ4v) is 4.96. The molecule has 0 radical (unpaired) electrons. The molecule has 1 aromatic carbocycles. The van der Waals surface area contributed by atoms with Crippen molar-refractivity contribution in [3.8, 4) is 0 Å². The Morgan fingerprint density at radius 1 is 0.714 bits per heavy atom. The van der Waals surface area contributed by atoms with E-state index in [1.54, 1.807) is 0 Å². The monoisotopic (exact) mass is 386 g/mol. The minimum atomic E-state index is 0.116. The van der Waals surface area contributed by atoms with Crippen molar-refractivity contribution in [2.75, 3.05) is 13.2 Å². The van der Waals surface area contributed by atoms with Gasteiger partial charge in [0.1, 0.15) is 6.10 Å². The van der Waals surface area contributed by atoms with Crippen molar-refractivity contribution in [2.45, 2.75) is 109 Å². The number of ether oxygens (including phenoxy) is 2. The zero-order valence-electron chi connectivity index (χ0n) is 18.3. The normalized spacial score (nSPS) is 28.4. The van der Waals surface area contributed by atoms with E-state index in [-0.39, 0.29) is 6.10 Å². The molecule has 0 N–H and O–H groups in total. The molecule has 1 heterocycles. The van der Waals surface area contributed by atoms with Crippen LogP contribution in [-0.2, 0) is 9.47 Å². The quantitative estimate of drug-likeness (QED) is 0.386. The summed E-state index contributed by atoms with van der Waals surface area (Å²) >= 11 is 0. The molecule has 0 bridgehead atoms. The Bertz CT molecular complexity index is 522. The van der Waals surface area contributed by atoms with Crippen LogP contribution >= 0.6 is 0 Å². The van der Waals surface area contributed by atoms with Gasteiger partial charge < -0.3 is 9.47 Å². The Morgan fingerprint density at radius 3 is 2.07 bits per heavy atom. The van der Waals surface area contributed by atoms with Crippen LogP contribution in [0.4, 0.5) is 0 Å². The van der Waals surface area contributed by atoms with Gasteiger partial charge in [0.05, 0.1) is 19.3 Å². The average Bonchev–Trinajstić information content (AvgIpc) is 2.76. The maximum absolute atomic E-state index is 6.15. The standard InChI is InChI=1S/C26H42O2/c1-3-5-7-8-10-25-19-28-26(20-27-25)24-17-15-23(16-18-24)22-13-11-21(12-14-22)9-6-4-2/h15-18,21-22,25-26H,3-14,19-20H2,1-2H3. The molecular weight excluding hydrogens is 344 g/mol. The second kappa shape index (κ2) is 12.0. The van der Waals surface area contributed by atoms with Crippen molar-refractivity contribution in [2.24, 2.45) is 5.92 Å². The van der Waals surface area contributed by atoms with Crippen molar-refractivity contribution in [3.63, 3.8) is 0 Å². The maximum atomic E-state index is 6.15. The van der Waals surface area contributed by atoms with E-state index in [2.05, 4.69) is 38.1 Å². The van der Waals surface area contributed by atoms with Crippen LogP contribution in [0, 0.1) is 5.92 Å². The van der Waals surface area contributed by atoms with Gasteiger partial charge in [-0.1, -0.05) is 83.1 Å². The first-order valence-corrected chi connectivity index (χ1v) is 12.1. The highest BCUT2D eigenvalue weighted by Gasteiger charge is 2.25. The fraction of sp³-hybridized carbons (Fsp3) is 0.769. The van der Waals surface area contributed by atoms with Gasteiger partial charge in [-0.3, -0.25) is 0 Å². The summed E-state index contributed by atoms with van der Waals surface area (Å²) in [6.45, 7) is 6.03. The first-order valence-electron chi connectivity index (χ1n) is 12.1. The maximum Gasteiger partial charge on any atom is 0.106 e.